The summed E-state index contributed by atoms with van der Waals surface area (Å²) in [5.74, 6) is -1.67. The number of carbonyl (C=O) groups excluding carboxylic acids is 1. The Labute approximate surface area is 166 Å². The van der Waals surface area contributed by atoms with Crippen molar-refractivity contribution in [1.82, 2.24) is 4.90 Å². The zero-order valence-electron chi connectivity index (χ0n) is 15.6. The van der Waals surface area contributed by atoms with Gasteiger partial charge in [0.25, 0.3) is 0 Å². The van der Waals surface area contributed by atoms with Crippen LogP contribution in [0.1, 0.15) is 17.0 Å². The second-order valence-electron chi connectivity index (χ2n) is 8.04. The Kier molecular flexibility index (Phi) is 3.93. The Balaban J connectivity index is 1.34. The van der Waals surface area contributed by atoms with Crippen LogP contribution < -0.4 is 0 Å². The Bertz CT molecular complexity index is 959. The zero-order chi connectivity index (χ0) is 20.2. The van der Waals surface area contributed by atoms with E-state index in [1.54, 1.807) is 0 Å². The molecule has 0 saturated carbocycles. The first kappa shape index (κ1) is 18.1. The second kappa shape index (κ2) is 6.29. The van der Waals surface area contributed by atoms with Gasteiger partial charge in [0.05, 0.1) is 25.2 Å². The number of benzene rings is 2. The van der Waals surface area contributed by atoms with Gasteiger partial charge in [0.1, 0.15) is 6.61 Å². The third-order valence-electron chi connectivity index (χ3n) is 6.43. The molecule has 150 valence electrons. The normalized spacial score (nSPS) is 24.1. The number of halogens is 1. The van der Waals surface area contributed by atoms with Crippen molar-refractivity contribution in [3.63, 3.8) is 0 Å². The molecule has 1 N–H and O–H groups in total. The highest BCUT2D eigenvalue weighted by atomic mass is 19.1. The quantitative estimate of drug-likeness (QED) is 0.862. The molecule has 6 nitrogen and oxygen atoms in total. The van der Waals surface area contributed by atoms with Gasteiger partial charge in [-0.1, -0.05) is 48.5 Å². The Morgan fingerprint density at radius 1 is 1.07 bits per heavy atom. The van der Waals surface area contributed by atoms with Crippen molar-refractivity contribution in [2.24, 2.45) is 5.41 Å². The maximum atomic E-state index is 15.2. The van der Waals surface area contributed by atoms with Crippen molar-refractivity contribution >= 4 is 12.1 Å². The zero-order valence-corrected chi connectivity index (χ0v) is 15.6. The minimum atomic E-state index is -2.52. The van der Waals surface area contributed by atoms with E-state index in [1.807, 2.05) is 48.5 Å². The second-order valence-corrected chi connectivity index (χ2v) is 8.04. The largest absolute Gasteiger partial charge is 0.479 e. The van der Waals surface area contributed by atoms with Gasteiger partial charge in [0.15, 0.2) is 0 Å². The molecule has 2 aromatic carbocycles. The summed E-state index contributed by atoms with van der Waals surface area (Å²) in [4.78, 5) is 25.4. The number of carboxylic acids is 1. The lowest BCUT2D eigenvalue weighted by atomic mass is 9.74. The molecule has 29 heavy (non-hydrogen) atoms. The van der Waals surface area contributed by atoms with Gasteiger partial charge in [0, 0.05) is 12.5 Å². The van der Waals surface area contributed by atoms with E-state index in [4.69, 9.17) is 9.47 Å². The van der Waals surface area contributed by atoms with Gasteiger partial charge in [-0.05, 0) is 22.3 Å². The van der Waals surface area contributed by atoms with Crippen LogP contribution in [0.4, 0.5) is 9.18 Å². The molecular formula is C22H20FNO5. The number of rotatable bonds is 3. The van der Waals surface area contributed by atoms with E-state index in [1.165, 1.54) is 0 Å². The van der Waals surface area contributed by atoms with E-state index in [-0.39, 0.29) is 32.3 Å². The summed E-state index contributed by atoms with van der Waals surface area (Å²) in [6, 6.07) is 16.0. The Morgan fingerprint density at radius 3 is 2.14 bits per heavy atom. The molecule has 2 aromatic rings. The van der Waals surface area contributed by atoms with Gasteiger partial charge in [0.2, 0.25) is 5.67 Å². The van der Waals surface area contributed by atoms with Gasteiger partial charge in [-0.15, -0.1) is 0 Å². The SMILES string of the molecule is O=C(OCC1c2ccccc2-c2ccccc21)N1CC2(COC2)C(F)(C(=O)O)C1. The van der Waals surface area contributed by atoms with Gasteiger partial charge in [-0.3, -0.25) is 0 Å². The standard InChI is InChI=1S/C22H20FNO5/c23-22(19(25)26)11-24(10-21(22)12-28-13-21)20(27)29-9-18-16-7-3-1-5-14(16)15-6-2-4-8-17(15)18/h1-8,18H,9-13H2,(H,25,26). The average molecular weight is 397 g/mol. The lowest BCUT2D eigenvalue weighted by molar-refractivity contribution is -0.192. The lowest BCUT2D eigenvalue weighted by Crippen LogP contribution is -2.60. The summed E-state index contributed by atoms with van der Waals surface area (Å²) in [5.41, 5.74) is 0.685. The fourth-order valence-electron chi connectivity index (χ4n) is 4.75. The third-order valence-corrected chi connectivity index (χ3v) is 6.43. The summed E-state index contributed by atoms with van der Waals surface area (Å²) < 4.78 is 25.8. The van der Waals surface area contributed by atoms with E-state index in [9.17, 15) is 14.7 Å². The van der Waals surface area contributed by atoms with Gasteiger partial charge in [-0.2, -0.15) is 0 Å². The Hall–Kier alpha value is -2.93. The van der Waals surface area contributed by atoms with Crippen LogP contribution in [0.2, 0.25) is 0 Å². The number of alkyl halides is 1. The molecule has 1 atom stereocenters. The van der Waals surface area contributed by atoms with Crippen molar-refractivity contribution in [2.45, 2.75) is 11.6 Å². The highest BCUT2D eigenvalue weighted by molar-refractivity contribution is 5.82. The van der Waals surface area contributed by atoms with Crippen LogP contribution in [-0.4, -0.2) is 60.6 Å². The molecule has 2 aliphatic heterocycles. The van der Waals surface area contributed by atoms with Gasteiger partial charge in [-0.25, -0.2) is 14.0 Å². The van der Waals surface area contributed by atoms with Crippen molar-refractivity contribution < 1.29 is 28.6 Å². The summed E-state index contributed by atoms with van der Waals surface area (Å²) in [6.45, 7) is -0.458. The van der Waals surface area contributed by atoms with Gasteiger partial charge >= 0.3 is 12.1 Å². The topological polar surface area (TPSA) is 76.1 Å². The molecule has 0 aromatic heterocycles. The molecule has 0 radical (unpaired) electrons. The molecule has 0 bridgehead atoms. The van der Waals surface area contributed by atoms with Crippen LogP contribution >= 0.6 is 0 Å². The van der Waals surface area contributed by atoms with Crippen LogP contribution in [0.5, 0.6) is 0 Å². The van der Waals surface area contributed by atoms with E-state index in [0.717, 1.165) is 27.2 Å². The van der Waals surface area contributed by atoms with Crippen molar-refractivity contribution in [3.05, 3.63) is 59.7 Å². The molecule has 1 spiro atoms. The average Bonchev–Trinajstić information content (AvgIpc) is 3.20. The molecule has 2 saturated heterocycles. The molecule has 5 rings (SSSR count). The molecule has 1 amide bonds. The molecule has 7 heteroatoms. The Morgan fingerprint density at radius 2 is 1.66 bits per heavy atom. The van der Waals surface area contributed by atoms with Crippen LogP contribution in [0.25, 0.3) is 11.1 Å². The highest BCUT2D eigenvalue weighted by Crippen LogP contribution is 2.48. The summed E-state index contributed by atoms with van der Waals surface area (Å²) >= 11 is 0. The van der Waals surface area contributed by atoms with Crippen molar-refractivity contribution in [1.29, 1.82) is 0 Å². The summed E-state index contributed by atoms with van der Waals surface area (Å²) in [6.07, 6.45) is -0.695. The number of hydrogen-bond acceptors (Lipinski definition) is 4. The minimum absolute atomic E-state index is 0.0110. The molecular weight excluding hydrogens is 377 g/mol. The monoisotopic (exact) mass is 397 g/mol. The highest BCUT2D eigenvalue weighted by Gasteiger charge is 2.68. The van der Waals surface area contributed by atoms with E-state index in [2.05, 4.69) is 0 Å². The smallest absolute Gasteiger partial charge is 0.409 e. The number of carboxylic acid groups (broad SMARTS) is 1. The number of amides is 1. The van der Waals surface area contributed by atoms with E-state index >= 15 is 4.39 Å². The molecule has 1 aliphatic carbocycles. The number of aliphatic carboxylic acids is 1. The number of nitrogens with zero attached hydrogens (tertiary/aromatic N) is 1. The van der Waals surface area contributed by atoms with E-state index in [0.29, 0.717) is 0 Å². The predicted molar refractivity (Wildman–Crippen MR) is 101 cm³/mol. The first-order valence-corrected chi connectivity index (χ1v) is 9.55. The molecule has 2 heterocycles. The minimum Gasteiger partial charge on any atom is -0.479 e. The molecule has 2 fully saturated rings. The van der Waals surface area contributed by atoms with Crippen molar-refractivity contribution in [3.8, 4) is 11.1 Å². The fraction of sp³-hybridized carbons (Fsp3) is 0.364. The predicted octanol–water partition coefficient (Wildman–Crippen LogP) is 3.06. The van der Waals surface area contributed by atoms with Crippen LogP contribution in [0.3, 0.4) is 0 Å². The third kappa shape index (κ3) is 2.50. The maximum absolute atomic E-state index is 15.2. The first-order chi connectivity index (χ1) is 14.0. The van der Waals surface area contributed by atoms with Crippen molar-refractivity contribution in [2.75, 3.05) is 32.9 Å². The number of ether oxygens (including phenoxy) is 2. The summed E-state index contributed by atoms with van der Waals surface area (Å²) in [5, 5.41) is 9.38. The first-order valence-electron chi connectivity index (χ1n) is 9.55. The molecule has 3 aliphatic rings. The number of carbonyl (C=O) groups is 2. The van der Waals surface area contributed by atoms with Crippen LogP contribution in [-0.2, 0) is 14.3 Å². The van der Waals surface area contributed by atoms with Crippen LogP contribution in [0, 0.1) is 5.41 Å². The van der Waals surface area contributed by atoms with Crippen LogP contribution in [0.15, 0.2) is 48.5 Å². The van der Waals surface area contributed by atoms with Gasteiger partial charge < -0.3 is 19.5 Å². The maximum Gasteiger partial charge on any atom is 0.409 e. The number of likely N-dealkylation sites (tertiary alicyclic amines) is 1. The fourth-order valence-corrected chi connectivity index (χ4v) is 4.75. The lowest BCUT2D eigenvalue weighted by Gasteiger charge is -2.42. The number of fused-ring (bicyclic) bond motifs is 3. The summed E-state index contributed by atoms with van der Waals surface area (Å²) in [7, 11) is 0. The van der Waals surface area contributed by atoms with E-state index < -0.39 is 29.7 Å². The number of hydrogen-bond donors (Lipinski definition) is 1. The molecule has 1 unspecified atom stereocenters.